The summed E-state index contributed by atoms with van der Waals surface area (Å²) in [5.41, 5.74) is 3.87. The summed E-state index contributed by atoms with van der Waals surface area (Å²) in [7, 11) is 1.37. The molecule has 2 nitrogen and oxygen atoms in total. The highest BCUT2D eigenvalue weighted by atomic mass is 19.1. The number of carbonyl (C=O) groups is 1. The number of esters is 1. The normalized spacial score (nSPS) is 15.2. The SMILES string of the molecule is COC(=O)C(C)CC1c2ccc(F)cc2CCc2cc(F)ccc21. The van der Waals surface area contributed by atoms with E-state index in [1.807, 2.05) is 6.92 Å². The molecule has 0 bridgehead atoms. The molecule has 126 valence electrons. The Morgan fingerprint density at radius 2 is 1.58 bits per heavy atom. The zero-order valence-corrected chi connectivity index (χ0v) is 13.8. The topological polar surface area (TPSA) is 26.3 Å². The molecule has 0 N–H and O–H groups in total. The van der Waals surface area contributed by atoms with E-state index in [1.165, 1.54) is 19.2 Å². The van der Waals surface area contributed by atoms with Crippen LogP contribution in [0.1, 0.15) is 41.5 Å². The van der Waals surface area contributed by atoms with Gasteiger partial charge in [0.05, 0.1) is 13.0 Å². The first-order chi connectivity index (χ1) is 11.5. The molecule has 2 aromatic rings. The largest absolute Gasteiger partial charge is 0.469 e. The molecule has 1 aliphatic carbocycles. The van der Waals surface area contributed by atoms with E-state index in [9.17, 15) is 13.6 Å². The lowest BCUT2D eigenvalue weighted by Crippen LogP contribution is -2.17. The summed E-state index contributed by atoms with van der Waals surface area (Å²) in [5.74, 6) is -1.19. The number of aryl methyl sites for hydroxylation is 2. The van der Waals surface area contributed by atoms with Gasteiger partial charge in [0.1, 0.15) is 11.6 Å². The molecular weight excluding hydrogens is 310 g/mol. The van der Waals surface area contributed by atoms with Crippen molar-refractivity contribution >= 4 is 5.97 Å². The first kappa shape index (κ1) is 16.6. The van der Waals surface area contributed by atoms with Gasteiger partial charge >= 0.3 is 5.97 Å². The van der Waals surface area contributed by atoms with Crippen LogP contribution in [0.15, 0.2) is 36.4 Å². The molecule has 0 radical (unpaired) electrons. The molecule has 0 amide bonds. The van der Waals surface area contributed by atoms with Crippen LogP contribution in [0.5, 0.6) is 0 Å². The van der Waals surface area contributed by atoms with Crippen LogP contribution in [0.2, 0.25) is 0 Å². The van der Waals surface area contributed by atoms with Crippen LogP contribution < -0.4 is 0 Å². The number of fused-ring (bicyclic) bond motifs is 2. The summed E-state index contributed by atoms with van der Waals surface area (Å²) in [6.07, 6.45) is 1.86. The smallest absolute Gasteiger partial charge is 0.308 e. The Morgan fingerprint density at radius 1 is 1.08 bits per heavy atom. The summed E-state index contributed by atoms with van der Waals surface area (Å²) in [4.78, 5) is 11.9. The van der Waals surface area contributed by atoms with Gasteiger partial charge in [-0.05, 0) is 65.8 Å². The molecule has 1 atom stereocenters. The molecular formula is C20H20F2O2. The Labute approximate surface area is 140 Å². The molecule has 0 saturated heterocycles. The Kier molecular flexibility index (Phi) is 4.65. The lowest BCUT2D eigenvalue weighted by atomic mass is 9.82. The van der Waals surface area contributed by atoms with Gasteiger partial charge in [-0.2, -0.15) is 0 Å². The van der Waals surface area contributed by atoms with Crippen molar-refractivity contribution in [1.29, 1.82) is 0 Å². The Bertz CT molecular complexity index is 717. The van der Waals surface area contributed by atoms with Gasteiger partial charge in [-0.3, -0.25) is 4.79 Å². The molecule has 1 unspecified atom stereocenters. The van der Waals surface area contributed by atoms with Gasteiger partial charge < -0.3 is 4.74 Å². The number of carbonyl (C=O) groups excluding carboxylic acids is 1. The van der Waals surface area contributed by atoms with Crippen LogP contribution in [-0.4, -0.2) is 13.1 Å². The summed E-state index contributed by atoms with van der Waals surface area (Å²) in [5, 5.41) is 0. The fourth-order valence-electron chi connectivity index (χ4n) is 3.60. The van der Waals surface area contributed by atoms with E-state index in [4.69, 9.17) is 4.74 Å². The zero-order chi connectivity index (χ0) is 17.3. The second-order valence-electron chi connectivity index (χ2n) is 6.40. The number of methoxy groups -OCH3 is 1. The van der Waals surface area contributed by atoms with Crippen LogP contribution >= 0.6 is 0 Å². The number of halogens is 2. The van der Waals surface area contributed by atoms with E-state index in [-0.39, 0.29) is 29.4 Å². The fraction of sp³-hybridized carbons (Fsp3) is 0.350. The van der Waals surface area contributed by atoms with Gasteiger partial charge in [0, 0.05) is 5.92 Å². The van der Waals surface area contributed by atoms with E-state index in [0.717, 1.165) is 22.3 Å². The van der Waals surface area contributed by atoms with Crippen LogP contribution in [0.25, 0.3) is 0 Å². The van der Waals surface area contributed by atoms with Crippen molar-refractivity contribution in [3.05, 3.63) is 70.3 Å². The van der Waals surface area contributed by atoms with Crippen molar-refractivity contribution in [3.8, 4) is 0 Å². The number of hydrogen-bond acceptors (Lipinski definition) is 2. The zero-order valence-electron chi connectivity index (χ0n) is 13.8. The minimum absolute atomic E-state index is 0.0761. The van der Waals surface area contributed by atoms with Crippen LogP contribution in [0.4, 0.5) is 8.78 Å². The summed E-state index contributed by atoms with van der Waals surface area (Å²) in [6.45, 7) is 1.82. The first-order valence-corrected chi connectivity index (χ1v) is 8.14. The Balaban J connectivity index is 2.08. The molecule has 0 aliphatic heterocycles. The minimum atomic E-state index is -0.297. The highest BCUT2D eigenvalue weighted by Crippen LogP contribution is 2.39. The standard InChI is InChI=1S/C20H20F2O2/c1-12(20(23)24-2)9-19-17-7-5-15(21)10-13(17)3-4-14-11-16(22)6-8-18(14)19/h5-8,10-12,19H,3-4,9H2,1-2H3. The molecule has 2 aromatic carbocycles. The van der Waals surface area contributed by atoms with Crippen molar-refractivity contribution in [3.63, 3.8) is 0 Å². The number of hydrogen-bond donors (Lipinski definition) is 0. The molecule has 0 aromatic heterocycles. The fourth-order valence-corrected chi connectivity index (χ4v) is 3.60. The highest BCUT2D eigenvalue weighted by Gasteiger charge is 2.28. The first-order valence-electron chi connectivity index (χ1n) is 8.14. The third-order valence-corrected chi connectivity index (χ3v) is 4.82. The minimum Gasteiger partial charge on any atom is -0.469 e. The third-order valence-electron chi connectivity index (χ3n) is 4.82. The maximum Gasteiger partial charge on any atom is 0.308 e. The average molecular weight is 330 g/mol. The van der Waals surface area contributed by atoms with Crippen molar-refractivity contribution in [2.75, 3.05) is 7.11 Å². The van der Waals surface area contributed by atoms with Gasteiger partial charge in [-0.1, -0.05) is 19.1 Å². The summed E-state index contributed by atoms with van der Waals surface area (Å²) >= 11 is 0. The number of benzene rings is 2. The van der Waals surface area contributed by atoms with Gasteiger partial charge in [-0.25, -0.2) is 8.78 Å². The number of ether oxygens (including phenoxy) is 1. The average Bonchev–Trinajstić information content (AvgIpc) is 2.71. The summed E-state index contributed by atoms with van der Waals surface area (Å²) < 4.78 is 32.2. The second kappa shape index (κ2) is 6.71. The molecule has 24 heavy (non-hydrogen) atoms. The van der Waals surface area contributed by atoms with E-state index >= 15 is 0 Å². The third kappa shape index (κ3) is 3.18. The van der Waals surface area contributed by atoms with Gasteiger partial charge in [0.25, 0.3) is 0 Å². The van der Waals surface area contributed by atoms with Gasteiger partial charge in [0.2, 0.25) is 0 Å². The Morgan fingerprint density at radius 3 is 2.04 bits per heavy atom. The van der Waals surface area contributed by atoms with Crippen molar-refractivity contribution in [2.45, 2.75) is 32.1 Å². The van der Waals surface area contributed by atoms with E-state index in [0.29, 0.717) is 19.3 Å². The molecule has 3 rings (SSSR count). The maximum atomic E-state index is 13.7. The van der Waals surface area contributed by atoms with E-state index < -0.39 is 0 Å². The van der Waals surface area contributed by atoms with Crippen molar-refractivity contribution < 1.29 is 18.3 Å². The second-order valence-corrected chi connectivity index (χ2v) is 6.40. The van der Waals surface area contributed by atoms with Crippen LogP contribution in [-0.2, 0) is 22.4 Å². The Hall–Kier alpha value is -2.23. The monoisotopic (exact) mass is 330 g/mol. The quantitative estimate of drug-likeness (QED) is 0.780. The molecule has 0 spiro atoms. The highest BCUT2D eigenvalue weighted by molar-refractivity contribution is 5.72. The van der Waals surface area contributed by atoms with E-state index in [1.54, 1.807) is 24.3 Å². The van der Waals surface area contributed by atoms with Crippen LogP contribution in [0.3, 0.4) is 0 Å². The predicted octanol–water partition coefficient (Wildman–Crippen LogP) is 4.39. The van der Waals surface area contributed by atoms with Crippen molar-refractivity contribution in [2.24, 2.45) is 5.92 Å². The molecule has 0 heterocycles. The number of rotatable bonds is 3. The predicted molar refractivity (Wildman–Crippen MR) is 87.8 cm³/mol. The lowest BCUT2D eigenvalue weighted by molar-refractivity contribution is -0.145. The summed E-state index contributed by atoms with van der Waals surface area (Å²) in [6, 6.07) is 9.57. The van der Waals surface area contributed by atoms with Gasteiger partial charge in [0.15, 0.2) is 0 Å². The molecule has 0 saturated carbocycles. The molecule has 0 fully saturated rings. The maximum absolute atomic E-state index is 13.7. The van der Waals surface area contributed by atoms with Crippen molar-refractivity contribution in [1.82, 2.24) is 0 Å². The van der Waals surface area contributed by atoms with E-state index in [2.05, 4.69) is 0 Å². The molecule has 4 heteroatoms. The van der Waals surface area contributed by atoms with Crippen LogP contribution in [0, 0.1) is 17.6 Å². The van der Waals surface area contributed by atoms with Gasteiger partial charge in [-0.15, -0.1) is 0 Å². The lowest BCUT2D eigenvalue weighted by Gasteiger charge is -2.23. The molecule has 1 aliphatic rings.